The van der Waals surface area contributed by atoms with E-state index >= 15 is 0 Å². The first-order chi connectivity index (χ1) is 6.66. The predicted molar refractivity (Wildman–Crippen MR) is 60.6 cm³/mol. The van der Waals surface area contributed by atoms with E-state index in [2.05, 4.69) is 0 Å². The molecular formula is C10H9Cl2NO. The normalized spacial score (nSPS) is 10.7. The summed E-state index contributed by atoms with van der Waals surface area (Å²) in [6, 6.07) is 3.43. The molecule has 1 rings (SSSR count). The van der Waals surface area contributed by atoms with Crippen LogP contribution < -0.4 is 5.73 Å². The van der Waals surface area contributed by atoms with Crippen molar-refractivity contribution >= 4 is 41.3 Å². The first-order valence-corrected chi connectivity index (χ1v) is 4.76. The number of carbonyl (C=O) groups is 1. The van der Waals surface area contributed by atoms with E-state index in [0.717, 1.165) is 11.8 Å². The summed E-state index contributed by atoms with van der Waals surface area (Å²) in [5.41, 5.74) is 6.75. The average molecular weight is 230 g/mol. The van der Waals surface area contributed by atoms with Gasteiger partial charge >= 0.3 is 0 Å². The highest BCUT2D eigenvalue weighted by molar-refractivity contribution is 6.44. The highest BCUT2D eigenvalue weighted by Crippen LogP contribution is 2.31. The number of rotatable bonds is 3. The summed E-state index contributed by atoms with van der Waals surface area (Å²) in [5, 5.41) is 0.758. The first-order valence-electron chi connectivity index (χ1n) is 4.00. The first kappa shape index (κ1) is 11.1. The molecule has 14 heavy (non-hydrogen) atoms. The average Bonchev–Trinajstić information content (AvgIpc) is 2.18. The van der Waals surface area contributed by atoms with Crippen molar-refractivity contribution < 1.29 is 4.79 Å². The Labute approximate surface area is 92.3 Å². The summed E-state index contributed by atoms with van der Waals surface area (Å²) in [7, 11) is 0. The van der Waals surface area contributed by atoms with Crippen LogP contribution in [0.15, 0.2) is 18.2 Å². The lowest BCUT2D eigenvalue weighted by molar-refractivity contribution is -0.107. The lowest BCUT2D eigenvalue weighted by Crippen LogP contribution is -1.88. The van der Waals surface area contributed by atoms with Crippen molar-refractivity contribution in [2.45, 2.75) is 6.42 Å². The van der Waals surface area contributed by atoms with E-state index in [-0.39, 0.29) is 0 Å². The number of aldehydes is 1. The van der Waals surface area contributed by atoms with Crippen LogP contribution in [0.3, 0.4) is 0 Å². The molecule has 0 aliphatic heterocycles. The summed E-state index contributed by atoms with van der Waals surface area (Å²) >= 11 is 11.8. The van der Waals surface area contributed by atoms with Crippen molar-refractivity contribution in [3.05, 3.63) is 33.8 Å². The van der Waals surface area contributed by atoms with Gasteiger partial charge in [0.1, 0.15) is 6.29 Å². The van der Waals surface area contributed by atoms with E-state index < -0.39 is 0 Å². The molecule has 0 saturated heterocycles. The highest BCUT2D eigenvalue weighted by Gasteiger charge is 2.04. The third-order valence-electron chi connectivity index (χ3n) is 1.67. The van der Waals surface area contributed by atoms with Crippen LogP contribution >= 0.6 is 23.2 Å². The van der Waals surface area contributed by atoms with Crippen LogP contribution in [0.1, 0.15) is 12.0 Å². The predicted octanol–water partition coefficient (Wildman–Crippen LogP) is 3.18. The molecular weight excluding hydrogens is 221 g/mol. The van der Waals surface area contributed by atoms with Crippen LogP contribution in [-0.2, 0) is 4.79 Å². The van der Waals surface area contributed by atoms with E-state index in [9.17, 15) is 4.79 Å². The molecule has 0 aliphatic rings. The molecule has 0 fully saturated rings. The Bertz CT molecular complexity index is 375. The van der Waals surface area contributed by atoms with E-state index in [0.29, 0.717) is 22.2 Å². The van der Waals surface area contributed by atoms with Crippen LogP contribution in [0.25, 0.3) is 6.08 Å². The fraction of sp³-hybridized carbons (Fsp3) is 0.100. The molecule has 1 aromatic rings. The summed E-state index contributed by atoms with van der Waals surface area (Å²) in [6.45, 7) is 0. The van der Waals surface area contributed by atoms with Gasteiger partial charge in [0.25, 0.3) is 0 Å². The molecule has 0 heterocycles. The number of anilines is 1. The lowest BCUT2D eigenvalue weighted by Gasteiger charge is -2.03. The fourth-order valence-electron chi connectivity index (χ4n) is 0.959. The number of halogens is 2. The van der Waals surface area contributed by atoms with Gasteiger partial charge in [-0.25, -0.2) is 0 Å². The molecule has 0 saturated carbocycles. The van der Waals surface area contributed by atoms with Crippen LogP contribution in [0.5, 0.6) is 0 Å². The minimum atomic E-state index is 0.347. The van der Waals surface area contributed by atoms with Gasteiger partial charge in [-0.05, 0) is 11.6 Å². The van der Waals surface area contributed by atoms with Crippen molar-refractivity contribution in [2.24, 2.45) is 0 Å². The second kappa shape index (κ2) is 5.03. The van der Waals surface area contributed by atoms with Gasteiger partial charge in [-0.2, -0.15) is 0 Å². The zero-order valence-electron chi connectivity index (χ0n) is 7.34. The molecule has 0 aromatic heterocycles. The van der Waals surface area contributed by atoms with Crippen molar-refractivity contribution in [1.29, 1.82) is 0 Å². The van der Waals surface area contributed by atoms with Crippen LogP contribution in [0, 0.1) is 0 Å². The summed E-state index contributed by atoms with van der Waals surface area (Å²) < 4.78 is 0. The Hall–Kier alpha value is -0.990. The molecule has 0 amide bonds. The van der Waals surface area contributed by atoms with Crippen LogP contribution in [0.2, 0.25) is 10.0 Å². The Morgan fingerprint density at radius 2 is 2.00 bits per heavy atom. The van der Waals surface area contributed by atoms with E-state index in [1.54, 1.807) is 24.3 Å². The smallest absolute Gasteiger partial charge is 0.123 e. The zero-order chi connectivity index (χ0) is 10.6. The Balaban J connectivity index is 2.99. The van der Waals surface area contributed by atoms with Crippen LogP contribution in [0.4, 0.5) is 5.69 Å². The number of hydrogen-bond donors (Lipinski definition) is 1. The van der Waals surface area contributed by atoms with Gasteiger partial charge in [0.05, 0.1) is 15.7 Å². The van der Waals surface area contributed by atoms with Gasteiger partial charge < -0.3 is 10.5 Å². The van der Waals surface area contributed by atoms with Gasteiger partial charge in [0, 0.05) is 6.42 Å². The number of allylic oxidation sites excluding steroid dienone is 1. The van der Waals surface area contributed by atoms with Crippen molar-refractivity contribution in [3.8, 4) is 0 Å². The molecule has 2 nitrogen and oxygen atoms in total. The SMILES string of the molecule is Nc1ccc(C=CCC=O)c(Cl)c1Cl. The topological polar surface area (TPSA) is 43.1 Å². The minimum Gasteiger partial charge on any atom is -0.397 e. The number of benzene rings is 1. The van der Waals surface area contributed by atoms with Crippen molar-refractivity contribution in [2.75, 3.05) is 5.73 Å². The molecule has 0 radical (unpaired) electrons. The summed E-state index contributed by atoms with van der Waals surface area (Å²) in [6.07, 6.45) is 4.62. The molecule has 0 unspecified atom stereocenters. The van der Waals surface area contributed by atoms with Gasteiger partial charge in [-0.1, -0.05) is 41.4 Å². The van der Waals surface area contributed by atoms with E-state index in [1.807, 2.05) is 0 Å². The highest BCUT2D eigenvalue weighted by atomic mass is 35.5. The maximum absolute atomic E-state index is 10.1. The van der Waals surface area contributed by atoms with Gasteiger partial charge in [-0.3, -0.25) is 0 Å². The van der Waals surface area contributed by atoms with Gasteiger partial charge in [-0.15, -0.1) is 0 Å². The van der Waals surface area contributed by atoms with Crippen molar-refractivity contribution in [1.82, 2.24) is 0 Å². The second-order valence-electron chi connectivity index (χ2n) is 2.68. The van der Waals surface area contributed by atoms with E-state index in [1.165, 1.54) is 0 Å². The number of carbonyl (C=O) groups excluding carboxylic acids is 1. The molecule has 74 valence electrons. The lowest BCUT2D eigenvalue weighted by atomic mass is 10.2. The van der Waals surface area contributed by atoms with Crippen molar-refractivity contribution in [3.63, 3.8) is 0 Å². The number of hydrogen-bond acceptors (Lipinski definition) is 2. The van der Waals surface area contributed by atoms with Gasteiger partial charge in [0.15, 0.2) is 0 Å². The third kappa shape index (κ3) is 2.50. The molecule has 4 heteroatoms. The zero-order valence-corrected chi connectivity index (χ0v) is 8.85. The molecule has 0 spiro atoms. The quantitative estimate of drug-likeness (QED) is 0.640. The Morgan fingerprint density at radius 1 is 1.29 bits per heavy atom. The number of nitrogen functional groups attached to an aromatic ring is 1. The Kier molecular flexibility index (Phi) is 3.98. The molecule has 0 bridgehead atoms. The van der Waals surface area contributed by atoms with Gasteiger partial charge in [0.2, 0.25) is 0 Å². The molecule has 2 N–H and O–H groups in total. The third-order valence-corrected chi connectivity index (χ3v) is 2.58. The molecule has 0 aliphatic carbocycles. The molecule has 0 atom stereocenters. The fourth-order valence-corrected chi connectivity index (χ4v) is 1.37. The standard InChI is InChI=1S/C10H9Cl2NO/c11-9-7(3-1-2-6-14)4-5-8(13)10(9)12/h1,3-6H,2,13H2. The largest absolute Gasteiger partial charge is 0.397 e. The minimum absolute atomic E-state index is 0.347. The monoisotopic (exact) mass is 229 g/mol. The maximum Gasteiger partial charge on any atom is 0.123 e. The Morgan fingerprint density at radius 3 is 2.64 bits per heavy atom. The summed E-state index contributed by atoms with van der Waals surface area (Å²) in [4.78, 5) is 10.1. The van der Waals surface area contributed by atoms with E-state index in [4.69, 9.17) is 28.9 Å². The molecule has 1 aromatic carbocycles. The maximum atomic E-state index is 10.1. The van der Waals surface area contributed by atoms with Crippen LogP contribution in [-0.4, -0.2) is 6.29 Å². The second-order valence-corrected chi connectivity index (χ2v) is 3.43. The summed E-state index contributed by atoms with van der Waals surface area (Å²) in [5.74, 6) is 0. The number of nitrogens with two attached hydrogens (primary N) is 1.